The molecule has 166 valence electrons. The average Bonchev–Trinajstić information content (AvgIpc) is 2.70. The predicted octanol–water partition coefficient (Wildman–Crippen LogP) is 4.13. The summed E-state index contributed by atoms with van der Waals surface area (Å²) in [5.74, 6) is 0. The highest BCUT2D eigenvalue weighted by Gasteiger charge is 2.37. The van der Waals surface area contributed by atoms with Crippen LogP contribution >= 0.6 is 0 Å². The van der Waals surface area contributed by atoms with Gasteiger partial charge in [-0.15, -0.1) is 0 Å². The number of rotatable bonds is 17. The first-order chi connectivity index (χ1) is 13.7. The summed E-state index contributed by atoms with van der Waals surface area (Å²) in [5, 5.41) is 28.9. The zero-order valence-corrected chi connectivity index (χ0v) is 17.9. The van der Waals surface area contributed by atoms with Crippen molar-refractivity contribution in [1.82, 2.24) is 0 Å². The number of unbranched alkanes of at least 4 members (excludes halogenated alkanes) is 11. The van der Waals surface area contributed by atoms with Gasteiger partial charge in [-0.1, -0.05) is 70.4 Å². The molecular formula is C23H44O5. The molecular weight excluding hydrogens is 356 g/mol. The summed E-state index contributed by atoms with van der Waals surface area (Å²) in [6, 6.07) is 0. The van der Waals surface area contributed by atoms with E-state index in [0.29, 0.717) is 6.61 Å². The van der Waals surface area contributed by atoms with E-state index in [-0.39, 0.29) is 13.2 Å². The average molecular weight is 401 g/mol. The maximum atomic E-state index is 9.82. The Kier molecular flexibility index (Phi) is 15.9. The van der Waals surface area contributed by atoms with E-state index in [2.05, 4.69) is 19.1 Å². The van der Waals surface area contributed by atoms with Gasteiger partial charge in [-0.05, 0) is 32.1 Å². The molecule has 5 heteroatoms. The molecule has 0 aromatic heterocycles. The molecule has 1 fully saturated rings. The number of aliphatic hydroxyl groups excluding tert-OH is 3. The fourth-order valence-corrected chi connectivity index (χ4v) is 3.49. The minimum Gasteiger partial charge on any atom is -0.388 e. The third-order valence-corrected chi connectivity index (χ3v) is 5.44. The Balaban J connectivity index is 1.80. The lowest BCUT2D eigenvalue weighted by Crippen LogP contribution is -2.54. The lowest BCUT2D eigenvalue weighted by atomic mass is 10.0. The van der Waals surface area contributed by atoms with E-state index >= 15 is 0 Å². The van der Waals surface area contributed by atoms with Gasteiger partial charge in [0.15, 0.2) is 0 Å². The first-order valence-electron chi connectivity index (χ1n) is 11.5. The first-order valence-corrected chi connectivity index (χ1v) is 11.5. The van der Waals surface area contributed by atoms with Gasteiger partial charge in [0.1, 0.15) is 24.4 Å². The quantitative estimate of drug-likeness (QED) is 0.253. The summed E-state index contributed by atoms with van der Waals surface area (Å²) in [7, 11) is 0. The molecule has 1 aliphatic heterocycles. The van der Waals surface area contributed by atoms with Crippen LogP contribution in [0.1, 0.15) is 90.4 Å². The van der Waals surface area contributed by atoms with Gasteiger partial charge in [0.2, 0.25) is 0 Å². The molecule has 1 saturated heterocycles. The van der Waals surface area contributed by atoms with E-state index in [1.165, 1.54) is 70.6 Å². The minimum absolute atomic E-state index is 0.0432. The molecule has 0 bridgehead atoms. The van der Waals surface area contributed by atoms with E-state index in [9.17, 15) is 15.3 Å². The Morgan fingerprint density at radius 1 is 0.786 bits per heavy atom. The van der Waals surface area contributed by atoms with Crippen molar-refractivity contribution in [2.45, 2.75) is 115 Å². The van der Waals surface area contributed by atoms with E-state index in [1.54, 1.807) is 0 Å². The molecule has 4 atom stereocenters. The lowest BCUT2D eigenvalue weighted by molar-refractivity contribution is -0.199. The van der Waals surface area contributed by atoms with Crippen molar-refractivity contribution in [2.24, 2.45) is 0 Å². The van der Waals surface area contributed by atoms with Gasteiger partial charge in [0, 0.05) is 6.61 Å². The van der Waals surface area contributed by atoms with Gasteiger partial charge in [0.25, 0.3) is 0 Å². The van der Waals surface area contributed by atoms with Gasteiger partial charge >= 0.3 is 0 Å². The molecule has 0 aliphatic carbocycles. The lowest BCUT2D eigenvalue weighted by Gasteiger charge is -2.35. The van der Waals surface area contributed by atoms with E-state index in [0.717, 1.165) is 12.8 Å². The van der Waals surface area contributed by atoms with Gasteiger partial charge in [-0.25, -0.2) is 0 Å². The maximum Gasteiger partial charge on any atom is 0.111 e. The summed E-state index contributed by atoms with van der Waals surface area (Å²) in [4.78, 5) is 0. The predicted molar refractivity (Wildman–Crippen MR) is 113 cm³/mol. The van der Waals surface area contributed by atoms with E-state index < -0.39 is 24.4 Å². The zero-order chi connectivity index (χ0) is 20.5. The molecule has 5 nitrogen and oxygen atoms in total. The van der Waals surface area contributed by atoms with E-state index in [1.807, 2.05) is 0 Å². The topological polar surface area (TPSA) is 79.2 Å². The Labute approximate surface area is 172 Å². The Morgan fingerprint density at radius 3 is 2.00 bits per heavy atom. The molecule has 0 radical (unpaired) electrons. The summed E-state index contributed by atoms with van der Waals surface area (Å²) >= 11 is 0. The maximum absolute atomic E-state index is 9.82. The second kappa shape index (κ2) is 17.4. The zero-order valence-electron chi connectivity index (χ0n) is 17.9. The Morgan fingerprint density at radius 2 is 1.36 bits per heavy atom. The van der Waals surface area contributed by atoms with Crippen LogP contribution in [-0.2, 0) is 9.47 Å². The smallest absolute Gasteiger partial charge is 0.111 e. The van der Waals surface area contributed by atoms with Crippen molar-refractivity contribution in [3.63, 3.8) is 0 Å². The van der Waals surface area contributed by atoms with Crippen molar-refractivity contribution in [2.75, 3.05) is 19.8 Å². The molecule has 0 unspecified atom stereocenters. The van der Waals surface area contributed by atoms with Crippen LogP contribution in [0.25, 0.3) is 0 Å². The number of allylic oxidation sites excluding steroid dienone is 2. The van der Waals surface area contributed by atoms with Crippen molar-refractivity contribution in [3.05, 3.63) is 12.2 Å². The summed E-state index contributed by atoms with van der Waals surface area (Å²) in [6.45, 7) is 3.20. The van der Waals surface area contributed by atoms with Gasteiger partial charge in [0.05, 0.1) is 13.2 Å². The highest BCUT2D eigenvalue weighted by molar-refractivity contribution is 4.86. The summed E-state index contributed by atoms with van der Waals surface area (Å²) < 4.78 is 10.9. The molecule has 0 aromatic carbocycles. The van der Waals surface area contributed by atoms with Crippen LogP contribution in [0.3, 0.4) is 0 Å². The largest absolute Gasteiger partial charge is 0.388 e. The van der Waals surface area contributed by atoms with Crippen LogP contribution in [0.2, 0.25) is 0 Å². The molecule has 1 rings (SSSR count). The summed E-state index contributed by atoms with van der Waals surface area (Å²) in [6.07, 6.45) is 17.4. The molecule has 3 N–H and O–H groups in total. The van der Waals surface area contributed by atoms with E-state index in [4.69, 9.17) is 9.47 Å². The van der Waals surface area contributed by atoms with Crippen molar-refractivity contribution in [1.29, 1.82) is 0 Å². The third kappa shape index (κ3) is 12.2. The van der Waals surface area contributed by atoms with Gasteiger partial charge in [-0.3, -0.25) is 0 Å². The van der Waals surface area contributed by atoms with Crippen LogP contribution in [0.15, 0.2) is 12.2 Å². The molecule has 0 amide bonds. The van der Waals surface area contributed by atoms with Crippen molar-refractivity contribution < 1.29 is 24.8 Å². The number of ether oxygens (including phenoxy) is 2. The Bertz CT molecular complexity index is 374. The first kappa shape index (κ1) is 25.6. The van der Waals surface area contributed by atoms with Crippen LogP contribution in [0, 0.1) is 0 Å². The van der Waals surface area contributed by atoms with Crippen molar-refractivity contribution >= 4 is 0 Å². The highest BCUT2D eigenvalue weighted by atomic mass is 16.6. The minimum atomic E-state index is -1.15. The summed E-state index contributed by atoms with van der Waals surface area (Å²) in [5.41, 5.74) is 0. The SMILES string of the molecule is CCCCC/C=C/CCCCCCCCCCOC[C@H]1OC[C@H](O)[C@@H](O)[C@@H]1O. The molecule has 0 saturated carbocycles. The van der Waals surface area contributed by atoms with Crippen LogP contribution in [0.4, 0.5) is 0 Å². The molecule has 0 aromatic rings. The molecule has 1 heterocycles. The van der Waals surface area contributed by atoms with Crippen molar-refractivity contribution in [3.8, 4) is 0 Å². The van der Waals surface area contributed by atoms with Crippen LogP contribution in [0.5, 0.6) is 0 Å². The second-order valence-corrected chi connectivity index (χ2v) is 8.08. The van der Waals surface area contributed by atoms with Crippen LogP contribution < -0.4 is 0 Å². The standard InChI is InChI=1S/C23H44O5/c1-2-3-4-5-6-7-8-9-10-11-12-13-14-15-16-17-27-19-21-23(26)22(25)20(24)18-28-21/h6-7,20-26H,2-5,8-19H2,1H3/b7-6+/t20-,21+,22+,23+/m0/s1. The molecule has 0 spiro atoms. The number of aliphatic hydroxyl groups is 3. The normalized spacial score (nSPS) is 25.6. The highest BCUT2D eigenvalue weighted by Crippen LogP contribution is 2.16. The molecule has 28 heavy (non-hydrogen) atoms. The number of hydrogen-bond donors (Lipinski definition) is 3. The fourth-order valence-electron chi connectivity index (χ4n) is 3.49. The van der Waals surface area contributed by atoms with Crippen LogP contribution in [-0.4, -0.2) is 59.6 Å². The fraction of sp³-hybridized carbons (Fsp3) is 0.913. The second-order valence-electron chi connectivity index (χ2n) is 8.08. The Hall–Kier alpha value is -0.460. The molecule has 1 aliphatic rings. The van der Waals surface area contributed by atoms with Gasteiger partial charge in [-0.2, -0.15) is 0 Å². The monoisotopic (exact) mass is 400 g/mol. The third-order valence-electron chi connectivity index (χ3n) is 5.44. The van der Waals surface area contributed by atoms with Gasteiger partial charge < -0.3 is 24.8 Å². The number of hydrogen-bond acceptors (Lipinski definition) is 5.